The number of furan rings is 1. The fourth-order valence-electron chi connectivity index (χ4n) is 5.92. The molecule has 6 aromatic rings. The molecular weight excluding hydrogens is 528 g/mol. The zero-order valence-electron chi connectivity index (χ0n) is 23.5. The Morgan fingerprint density at radius 3 is 2.57 bits per heavy atom. The molecule has 10 nitrogen and oxygen atoms in total. The molecule has 1 saturated heterocycles. The Hall–Kier alpha value is -5.12. The number of imidazole rings is 1. The second-order valence-electron chi connectivity index (χ2n) is 10.8. The van der Waals surface area contributed by atoms with Crippen molar-refractivity contribution in [1.82, 2.24) is 39.6 Å². The van der Waals surface area contributed by atoms with Crippen LogP contribution in [-0.2, 0) is 7.05 Å². The zero-order valence-corrected chi connectivity index (χ0v) is 23.5. The van der Waals surface area contributed by atoms with E-state index in [1.807, 2.05) is 78.2 Å². The third-order valence-electron chi connectivity index (χ3n) is 8.08. The fraction of sp³-hybridized carbons (Fsp3) is 0.250. The van der Waals surface area contributed by atoms with Gasteiger partial charge in [-0.05, 0) is 72.9 Å². The lowest BCUT2D eigenvalue weighted by Gasteiger charge is -2.35. The van der Waals surface area contributed by atoms with Gasteiger partial charge >= 0.3 is 0 Å². The molecule has 0 aliphatic carbocycles. The number of piperidine rings is 1. The first-order valence-corrected chi connectivity index (χ1v) is 14.1. The molecule has 0 bridgehead atoms. The van der Waals surface area contributed by atoms with Gasteiger partial charge in [0.15, 0.2) is 5.82 Å². The summed E-state index contributed by atoms with van der Waals surface area (Å²) in [6, 6.07) is 22.1. The van der Waals surface area contributed by atoms with Crippen LogP contribution in [-0.4, -0.2) is 58.6 Å². The van der Waals surface area contributed by atoms with E-state index in [1.165, 1.54) is 0 Å². The molecule has 42 heavy (non-hydrogen) atoms. The van der Waals surface area contributed by atoms with Gasteiger partial charge in [-0.3, -0.25) is 9.78 Å². The van der Waals surface area contributed by atoms with Crippen LogP contribution in [0.15, 0.2) is 89.9 Å². The predicted octanol–water partition coefficient (Wildman–Crippen LogP) is 5.33. The molecule has 7 rings (SSSR count). The Morgan fingerprint density at radius 2 is 1.83 bits per heavy atom. The summed E-state index contributed by atoms with van der Waals surface area (Å²) in [5.74, 6) is 1.54. The van der Waals surface area contributed by atoms with E-state index in [0.29, 0.717) is 30.4 Å². The highest BCUT2D eigenvalue weighted by Crippen LogP contribution is 2.34. The summed E-state index contributed by atoms with van der Waals surface area (Å²) < 4.78 is 8.15. The van der Waals surface area contributed by atoms with Crippen LogP contribution in [0.5, 0.6) is 0 Å². The lowest BCUT2D eigenvalue weighted by Crippen LogP contribution is -2.41. The molecule has 210 valence electrons. The zero-order chi connectivity index (χ0) is 28.6. The van der Waals surface area contributed by atoms with E-state index < -0.39 is 0 Å². The van der Waals surface area contributed by atoms with Crippen LogP contribution in [0.4, 0.5) is 0 Å². The number of aromatic nitrogens is 7. The molecule has 0 unspecified atom stereocenters. The monoisotopic (exact) mass is 558 g/mol. The Kier molecular flexibility index (Phi) is 6.58. The highest BCUT2D eigenvalue weighted by Gasteiger charge is 2.32. The summed E-state index contributed by atoms with van der Waals surface area (Å²) in [5, 5.41) is 13.9. The first-order chi connectivity index (χ1) is 20.5. The molecule has 0 spiro atoms. The van der Waals surface area contributed by atoms with Gasteiger partial charge in [-0.1, -0.05) is 30.3 Å². The highest BCUT2D eigenvalue weighted by atomic mass is 16.3. The minimum absolute atomic E-state index is 0.0300. The van der Waals surface area contributed by atoms with Crippen molar-refractivity contribution < 1.29 is 9.21 Å². The van der Waals surface area contributed by atoms with Crippen molar-refractivity contribution >= 4 is 16.9 Å². The van der Waals surface area contributed by atoms with Gasteiger partial charge in [0.25, 0.3) is 5.91 Å². The molecular formula is C32H30N8O2. The number of carbonyl (C=O) groups excluding carboxylic acids is 1. The highest BCUT2D eigenvalue weighted by molar-refractivity contribution is 5.94. The summed E-state index contributed by atoms with van der Waals surface area (Å²) in [5.41, 5.74) is 5.25. The van der Waals surface area contributed by atoms with Gasteiger partial charge in [0, 0.05) is 42.8 Å². The van der Waals surface area contributed by atoms with Gasteiger partial charge in [0.05, 0.1) is 18.2 Å². The number of nitrogens with zero attached hydrogens (tertiary/aromatic N) is 8. The van der Waals surface area contributed by atoms with E-state index in [-0.39, 0.29) is 17.9 Å². The van der Waals surface area contributed by atoms with Crippen molar-refractivity contribution in [2.24, 2.45) is 13.0 Å². The van der Waals surface area contributed by atoms with Crippen LogP contribution >= 0.6 is 0 Å². The average Bonchev–Trinajstić information content (AvgIpc) is 3.77. The number of tetrazole rings is 1. The smallest absolute Gasteiger partial charge is 0.272 e. The molecule has 2 aromatic carbocycles. The number of benzene rings is 2. The molecule has 1 amide bonds. The first kappa shape index (κ1) is 25.8. The minimum atomic E-state index is -0.0732. The Morgan fingerprint density at radius 1 is 1.00 bits per heavy atom. The lowest BCUT2D eigenvalue weighted by atomic mass is 9.85. The van der Waals surface area contributed by atoms with Gasteiger partial charge < -0.3 is 13.9 Å². The van der Waals surface area contributed by atoms with Crippen LogP contribution in [0.1, 0.15) is 40.8 Å². The molecule has 1 aliphatic heterocycles. The normalized spacial score (nSPS) is 14.9. The maximum atomic E-state index is 13.6. The summed E-state index contributed by atoms with van der Waals surface area (Å²) >= 11 is 0. The summed E-state index contributed by atoms with van der Waals surface area (Å²) in [6.45, 7) is 3.11. The van der Waals surface area contributed by atoms with Gasteiger partial charge in [-0.2, -0.15) is 4.80 Å². The number of rotatable bonds is 6. The molecule has 0 saturated carbocycles. The number of amides is 1. The average molecular weight is 559 g/mol. The van der Waals surface area contributed by atoms with E-state index in [0.717, 1.165) is 46.2 Å². The molecule has 0 N–H and O–H groups in total. The molecule has 1 atom stereocenters. The van der Waals surface area contributed by atoms with E-state index in [1.54, 1.807) is 17.3 Å². The van der Waals surface area contributed by atoms with Crippen LogP contribution < -0.4 is 0 Å². The number of hydrogen-bond donors (Lipinski definition) is 0. The fourth-order valence-corrected chi connectivity index (χ4v) is 5.92. The van der Waals surface area contributed by atoms with E-state index >= 15 is 0 Å². The van der Waals surface area contributed by atoms with Crippen LogP contribution in [0.25, 0.3) is 33.6 Å². The van der Waals surface area contributed by atoms with Crippen molar-refractivity contribution in [3.63, 3.8) is 0 Å². The summed E-state index contributed by atoms with van der Waals surface area (Å²) in [6.07, 6.45) is 6.96. The Bertz CT molecular complexity index is 1860. The van der Waals surface area contributed by atoms with Gasteiger partial charge in [0.1, 0.15) is 23.1 Å². The van der Waals surface area contributed by atoms with Crippen molar-refractivity contribution in [1.29, 1.82) is 0 Å². The number of pyridine rings is 1. The second-order valence-corrected chi connectivity index (χ2v) is 10.8. The van der Waals surface area contributed by atoms with Crippen LogP contribution in [0.2, 0.25) is 0 Å². The van der Waals surface area contributed by atoms with Gasteiger partial charge in [-0.25, -0.2) is 4.98 Å². The third kappa shape index (κ3) is 4.85. The number of fused-ring (bicyclic) bond motifs is 1. The number of aryl methyl sites for hydroxylation is 2. The van der Waals surface area contributed by atoms with Gasteiger partial charge in [0.2, 0.25) is 0 Å². The topological polar surface area (TPSA) is 108 Å². The summed E-state index contributed by atoms with van der Waals surface area (Å²) in [4.78, 5) is 25.8. The largest absolute Gasteiger partial charge is 0.456 e. The van der Waals surface area contributed by atoms with Crippen molar-refractivity contribution in [2.75, 3.05) is 13.1 Å². The molecule has 0 radical (unpaired) electrons. The van der Waals surface area contributed by atoms with Crippen molar-refractivity contribution in [2.45, 2.75) is 25.8 Å². The van der Waals surface area contributed by atoms with Crippen molar-refractivity contribution in [3.8, 4) is 22.6 Å². The summed E-state index contributed by atoms with van der Waals surface area (Å²) in [7, 11) is 1.97. The molecule has 1 aliphatic rings. The quantitative estimate of drug-likeness (QED) is 0.272. The third-order valence-corrected chi connectivity index (χ3v) is 8.08. The van der Waals surface area contributed by atoms with E-state index in [9.17, 15) is 4.79 Å². The molecule has 10 heteroatoms. The predicted molar refractivity (Wildman–Crippen MR) is 157 cm³/mol. The number of likely N-dealkylation sites (tertiary alicyclic amines) is 1. The van der Waals surface area contributed by atoms with Crippen LogP contribution in [0, 0.1) is 12.8 Å². The minimum Gasteiger partial charge on any atom is -0.456 e. The standard InChI is InChI=1S/C32H30N8O2/c1-21-35-37-40(36-21)31(22-6-4-3-5-7-22)23-11-14-39(15-12-23)32(41)27-17-25(10-13-34-27)30-18-26-16-24(8-9-29(26)42-30)28-19-33-20-38(28)2/h3-10,13,16-20,23,31H,11-12,14-15H2,1-2H3/t31-/m1/s1. The maximum Gasteiger partial charge on any atom is 0.272 e. The lowest BCUT2D eigenvalue weighted by molar-refractivity contribution is 0.0658. The SMILES string of the molecule is Cc1nnn([C@H](c2ccccc2)C2CCN(C(=O)c3cc(-c4cc5cc(-c6cncn6C)ccc5o4)ccn3)CC2)n1. The Balaban J connectivity index is 1.08. The van der Waals surface area contributed by atoms with Crippen LogP contribution in [0.3, 0.4) is 0 Å². The first-order valence-electron chi connectivity index (χ1n) is 14.1. The van der Waals surface area contributed by atoms with E-state index in [4.69, 9.17) is 4.42 Å². The maximum absolute atomic E-state index is 13.6. The van der Waals surface area contributed by atoms with E-state index in [2.05, 4.69) is 43.6 Å². The molecule has 1 fully saturated rings. The Labute approximate surface area is 242 Å². The second kappa shape index (κ2) is 10.7. The number of carbonyl (C=O) groups is 1. The van der Waals surface area contributed by atoms with Crippen molar-refractivity contribution in [3.05, 3.63) is 103 Å². The molecule has 5 heterocycles. The number of hydrogen-bond acceptors (Lipinski definition) is 7. The molecule has 4 aromatic heterocycles. The van der Waals surface area contributed by atoms with Gasteiger partial charge in [-0.15, -0.1) is 10.2 Å².